The molecule has 0 saturated carbocycles. The van der Waals surface area contributed by atoms with E-state index < -0.39 is 0 Å². The van der Waals surface area contributed by atoms with Gasteiger partial charge in [-0.25, -0.2) is 0 Å². The van der Waals surface area contributed by atoms with E-state index in [2.05, 4.69) is 30.1 Å². The van der Waals surface area contributed by atoms with Crippen LogP contribution in [-0.2, 0) is 35.1 Å². The summed E-state index contributed by atoms with van der Waals surface area (Å²) in [5.41, 5.74) is 5.52. The number of nitrogens with zero attached hydrogens (tertiary/aromatic N) is 1. The van der Waals surface area contributed by atoms with Crippen LogP contribution in [0, 0.1) is 6.92 Å². The van der Waals surface area contributed by atoms with Crippen LogP contribution >= 0.6 is 0 Å². The van der Waals surface area contributed by atoms with E-state index in [1.54, 1.807) is 19.4 Å². The van der Waals surface area contributed by atoms with Gasteiger partial charge >= 0.3 is 0 Å². The van der Waals surface area contributed by atoms with Gasteiger partial charge in [0.05, 0.1) is 51.9 Å². The normalized spacial score (nSPS) is 11.1. The Kier molecular flexibility index (Phi) is 13.6. The van der Waals surface area contributed by atoms with Crippen LogP contribution in [0.2, 0.25) is 0 Å². The van der Waals surface area contributed by atoms with Gasteiger partial charge in [-0.3, -0.25) is 9.78 Å². The molecule has 3 rings (SSSR count). The summed E-state index contributed by atoms with van der Waals surface area (Å²) in [4.78, 5) is 16.5. The zero-order valence-corrected chi connectivity index (χ0v) is 22.9. The molecule has 8 heteroatoms. The molecule has 3 aromatic rings. The van der Waals surface area contributed by atoms with Crippen molar-refractivity contribution in [2.24, 2.45) is 0 Å². The summed E-state index contributed by atoms with van der Waals surface area (Å²) in [5, 5.41) is 10.5. The smallest absolute Gasteiger partial charge is 0.158 e. The molecule has 0 saturated heterocycles. The molecule has 0 aliphatic heterocycles. The second-order valence-electron chi connectivity index (χ2n) is 9.10. The molecule has 0 radical (unpaired) electrons. The third kappa shape index (κ3) is 11.2. The third-order valence-corrected chi connectivity index (χ3v) is 5.91. The number of carbonyl (C=O) groups is 1. The maximum Gasteiger partial charge on any atom is 0.158 e. The average molecular weight is 538 g/mol. The molecule has 1 aromatic heterocycles. The number of hydrogen-bond acceptors (Lipinski definition) is 8. The van der Waals surface area contributed by atoms with Crippen LogP contribution in [0.5, 0.6) is 5.75 Å². The van der Waals surface area contributed by atoms with Crippen molar-refractivity contribution in [2.45, 2.75) is 26.4 Å². The number of Topliss-reactive ketones (excluding diaryl/α,β-unsaturated/α-hetero) is 1. The molecule has 2 aromatic carbocycles. The van der Waals surface area contributed by atoms with Crippen molar-refractivity contribution in [3.63, 3.8) is 0 Å². The van der Waals surface area contributed by atoms with Crippen LogP contribution in [0.1, 0.15) is 24.1 Å². The first kappa shape index (κ1) is 30.4. The Hall–Kier alpha value is -3.14. The fraction of sp³-hybridized carbons (Fsp3) is 0.419. The molecular weight excluding hydrogens is 498 g/mol. The Balaban J connectivity index is 1.35. The number of carbonyl (C=O) groups excluding carboxylic acids is 1. The molecule has 0 unspecified atom stereocenters. The van der Waals surface area contributed by atoms with Crippen LogP contribution in [0.4, 0.5) is 0 Å². The number of ether oxygens (including phenoxy) is 5. The summed E-state index contributed by atoms with van der Waals surface area (Å²) in [7, 11) is 1.64. The summed E-state index contributed by atoms with van der Waals surface area (Å²) < 4.78 is 26.7. The van der Waals surface area contributed by atoms with Crippen molar-refractivity contribution >= 4 is 5.78 Å². The number of phenols is 1. The molecule has 0 fully saturated rings. The molecule has 8 nitrogen and oxygen atoms in total. The zero-order chi connectivity index (χ0) is 27.7. The van der Waals surface area contributed by atoms with E-state index in [1.807, 2.05) is 30.3 Å². The van der Waals surface area contributed by atoms with Crippen LogP contribution in [0.15, 0.2) is 60.8 Å². The van der Waals surface area contributed by atoms with Crippen LogP contribution in [0.3, 0.4) is 0 Å². The van der Waals surface area contributed by atoms with E-state index in [-0.39, 0.29) is 24.7 Å². The first-order chi connectivity index (χ1) is 19.1. The standard InChI is InChI=1S/C31H39NO7/c1-24-5-3-6-25(19-24)26-8-9-31(34)30(21-26)27-10-11-32-28(20-27)22-39-23-29(33)7-4-12-36-15-16-38-18-17-37-14-13-35-2/h3,5-6,8-11,19-21,34H,4,7,12-18,22-23H2,1-2H3. The van der Waals surface area contributed by atoms with Gasteiger partial charge in [-0.1, -0.05) is 35.9 Å². The summed E-state index contributed by atoms with van der Waals surface area (Å²) in [6.07, 6.45) is 2.71. The lowest BCUT2D eigenvalue weighted by atomic mass is 9.97. The highest BCUT2D eigenvalue weighted by Crippen LogP contribution is 2.34. The number of rotatable bonds is 19. The van der Waals surface area contributed by atoms with Crippen LogP contribution < -0.4 is 0 Å². The summed E-state index contributed by atoms with van der Waals surface area (Å²) >= 11 is 0. The van der Waals surface area contributed by atoms with E-state index in [1.165, 1.54) is 5.56 Å². The minimum Gasteiger partial charge on any atom is -0.507 e. The molecule has 0 atom stereocenters. The highest BCUT2D eigenvalue weighted by atomic mass is 16.6. The Morgan fingerprint density at radius 3 is 2.26 bits per heavy atom. The number of pyridine rings is 1. The number of hydrogen-bond donors (Lipinski definition) is 1. The lowest BCUT2D eigenvalue weighted by Crippen LogP contribution is -2.12. The number of ketones is 1. The Bertz CT molecular complexity index is 1150. The summed E-state index contributed by atoms with van der Waals surface area (Å²) in [6.45, 7) is 5.93. The molecule has 0 aliphatic carbocycles. The Morgan fingerprint density at radius 2 is 1.51 bits per heavy atom. The predicted molar refractivity (Wildman–Crippen MR) is 150 cm³/mol. The molecular formula is C31H39NO7. The van der Waals surface area contributed by atoms with Gasteiger partial charge in [0.15, 0.2) is 5.78 Å². The summed E-state index contributed by atoms with van der Waals surface area (Å²) in [5.74, 6) is 0.211. The van der Waals surface area contributed by atoms with Gasteiger partial charge in [-0.05, 0) is 54.3 Å². The average Bonchev–Trinajstić information content (AvgIpc) is 2.94. The second kappa shape index (κ2) is 17.4. The van der Waals surface area contributed by atoms with Gasteiger partial charge < -0.3 is 28.8 Å². The maximum absolute atomic E-state index is 12.2. The van der Waals surface area contributed by atoms with Crippen molar-refractivity contribution < 1.29 is 33.6 Å². The molecule has 0 bridgehead atoms. The van der Waals surface area contributed by atoms with Gasteiger partial charge in [-0.2, -0.15) is 0 Å². The van der Waals surface area contributed by atoms with Gasteiger partial charge in [0, 0.05) is 31.9 Å². The maximum atomic E-state index is 12.2. The largest absolute Gasteiger partial charge is 0.507 e. The van der Waals surface area contributed by atoms with Crippen LogP contribution in [0.25, 0.3) is 22.3 Å². The van der Waals surface area contributed by atoms with Gasteiger partial charge in [0.25, 0.3) is 0 Å². The molecule has 0 amide bonds. The van der Waals surface area contributed by atoms with Gasteiger partial charge in [-0.15, -0.1) is 0 Å². The fourth-order valence-electron chi connectivity index (χ4n) is 3.89. The minimum atomic E-state index is 0.0164. The zero-order valence-electron chi connectivity index (χ0n) is 22.9. The predicted octanol–water partition coefficient (Wildman–Crippen LogP) is 4.99. The van der Waals surface area contributed by atoms with Crippen LogP contribution in [-0.4, -0.2) is 75.8 Å². The number of phenolic OH excluding ortho intramolecular Hbond substituents is 1. The quantitative estimate of drug-likeness (QED) is 0.214. The Labute approximate surface area is 230 Å². The van der Waals surface area contributed by atoms with Crippen molar-refractivity contribution in [1.29, 1.82) is 0 Å². The number of methoxy groups -OCH3 is 1. The second-order valence-corrected chi connectivity index (χ2v) is 9.10. The van der Waals surface area contributed by atoms with E-state index in [4.69, 9.17) is 23.7 Å². The third-order valence-electron chi connectivity index (χ3n) is 5.91. The SMILES string of the molecule is COCCOCCOCCOCCCC(=O)COCc1cc(-c2cc(-c3cccc(C)c3)ccc2O)ccn1. The molecule has 1 heterocycles. The van der Waals surface area contributed by atoms with E-state index >= 15 is 0 Å². The van der Waals surface area contributed by atoms with Crippen molar-refractivity contribution in [3.8, 4) is 28.0 Å². The van der Waals surface area contributed by atoms with Gasteiger partial charge in [0.2, 0.25) is 0 Å². The molecule has 0 spiro atoms. The van der Waals surface area contributed by atoms with Gasteiger partial charge in [0.1, 0.15) is 12.4 Å². The van der Waals surface area contributed by atoms with E-state index in [0.717, 1.165) is 22.3 Å². The Morgan fingerprint density at radius 1 is 0.795 bits per heavy atom. The number of aryl methyl sites for hydroxylation is 1. The molecule has 39 heavy (non-hydrogen) atoms. The number of aromatic hydroxyl groups is 1. The fourth-order valence-corrected chi connectivity index (χ4v) is 3.89. The number of benzene rings is 2. The van der Waals surface area contributed by atoms with E-state index in [9.17, 15) is 9.90 Å². The first-order valence-corrected chi connectivity index (χ1v) is 13.2. The highest BCUT2D eigenvalue weighted by molar-refractivity contribution is 5.79. The molecule has 0 aliphatic rings. The van der Waals surface area contributed by atoms with E-state index in [0.29, 0.717) is 64.8 Å². The lowest BCUT2D eigenvalue weighted by molar-refractivity contribution is -0.124. The van der Waals surface area contributed by atoms with Crippen molar-refractivity contribution in [1.82, 2.24) is 4.98 Å². The van der Waals surface area contributed by atoms with Crippen molar-refractivity contribution in [3.05, 3.63) is 72.1 Å². The minimum absolute atomic E-state index is 0.0164. The molecule has 1 N–H and O–H groups in total. The lowest BCUT2D eigenvalue weighted by Gasteiger charge is -2.10. The summed E-state index contributed by atoms with van der Waals surface area (Å²) in [6, 6.07) is 17.6. The topological polar surface area (TPSA) is 96.3 Å². The molecule has 210 valence electrons. The first-order valence-electron chi connectivity index (χ1n) is 13.2. The van der Waals surface area contributed by atoms with Crippen molar-refractivity contribution in [2.75, 3.05) is 60.0 Å². The highest BCUT2D eigenvalue weighted by Gasteiger charge is 2.10. The number of aromatic nitrogens is 1. The monoisotopic (exact) mass is 537 g/mol.